The zero-order chi connectivity index (χ0) is 22.1. The van der Waals surface area contributed by atoms with Crippen LogP contribution in [0.2, 0.25) is 0 Å². The van der Waals surface area contributed by atoms with Crippen LogP contribution in [0.5, 0.6) is 0 Å². The van der Waals surface area contributed by atoms with Crippen molar-refractivity contribution in [2.45, 2.75) is 39.3 Å². The third-order valence-corrected chi connectivity index (χ3v) is 5.74. The first kappa shape index (κ1) is 22.9. The van der Waals surface area contributed by atoms with E-state index in [-0.39, 0.29) is 11.9 Å². The number of carbonyl (C=O) groups is 1. The number of rotatable bonds is 6. The molecule has 1 amide bonds. The Hall–Kier alpha value is -2.80. The van der Waals surface area contributed by atoms with E-state index in [1.807, 2.05) is 44.2 Å². The summed E-state index contributed by atoms with van der Waals surface area (Å²) in [6, 6.07) is 18.5. The maximum Gasteiger partial charge on any atom is 0.237 e. The Morgan fingerprint density at radius 2 is 1.81 bits per heavy atom. The Bertz CT molecular complexity index is 1010. The van der Waals surface area contributed by atoms with Gasteiger partial charge in [-0.15, -0.1) is 0 Å². The predicted octanol–water partition coefficient (Wildman–Crippen LogP) is 5.83. The first-order valence-electron chi connectivity index (χ1n) is 10.9. The molecule has 1 aliphatic carbocycles. The minimum Gasteiger partial charge on any atom is -0.351 e. The highest BCUT2D eigenvalue weighted by atomic mass is 35.5. The van der Waals surface area contributed by atoms with Crippen LogP contribution >= 0.6 is 11.6 Å². The molecule has 1 heterocycles. The van der Waals surface area contributed by atoms with Crippen LogP contribution in [0.4, 0.5) is 0 Å². The van der Waals surface area contributed by atoms with Crippen LogP contribution in [-0.4, -0.2) is 29.9 Å². The summed E-state index contributed by atoms with van der Waals surface area (Å²) in [5.74, 6) is 0.0808. The number of halogens is 1. The molecule has 1 aliphatic heterocycles. The van der Waals surface area contributed by atoms with Crippen LogP contribution in [0, 0.1) is 0 Å². The van der Waals surface area contributed by atoms with Gasteiger partial charge in [-0.1, -0.05) is 85.8 Å². The van der Waals surface area contributed by atoms with Gasteiger partial charge in [0, 0.05) is 13.1 Å². The molecule has 1 saturated heterocycles. The van der Waals surface area contributed by atoms with E-state index in [4.69, 9.17) is 11.6 Å². The van der Waals surface area contributed by atoms with Crippen LogP contribution in [0.25, 0.3) is 11.1 Å². The van der Waals surface area contributed by atoms with Gasteiger partial charge in [0.1, 0.15) is 0 Å². The molecule has 1 fully saturated rings. The van der Waals surface area contributed by atoms with Gasteiger partial charge in [0.25, 0.3) is 0 Å². The van der Waals surface area contributed by atoms with E-state index >= 15 is 0 Å². The maximum absolute atomic E-state index is 12.8. The van der Waals surface area contributed by atoms with Crippen LogP contribution in [0.15, 0.2) is 88.8 Å². The first-order valence-corrected chi connectivity index (χ1v) is 11.3. The van der Waals surface area contributed by atoms with Gasteiger partial charge < -0.3 is 5.32 Å². The van der Waals surface area contributed by atoms with Gasteiger partial charge in [0.15, 0.2) is 0 Å². The summed E-state index contributed by atoms with van der Waals surface area (Å²) in [6.45, 7) is 6.10. The average Bonchev–Trinajstić information content (AvgIpc) is 3.29. The minimum atomic E-state index is -0.112. The number of likely N-dealkylation sites (tertiary alicyclic amines) is 1. The minimum absolute atomic E-state index is 0.0808. The van der Waals surface area contributed by atoms with E-state index in [9.17, 15) is 4.79 Å². The molecule has 0 saturated carbocycles. The highest BCUT2D eigenvalue weighted by molar-refractivity contribution is 6.32. The van der Waals surface area contributed by atoms with E-state index in [1.54, 1.807) is 0 Å². The first-order chi connectivity index (χ1) is 15.2. The maximum atomic E-state index is 12.8. The monoisotopic (exact) mass is 432 g/mol. The fourth-order valence-electron chi connectivity index (χ4n) is 3.81. The highest BCUT2D eigenvalue weighted by Crippen LogP contribution is 2.24. The molecular formula is C27H29ClN2O. The van der Waals surface area contributed by atoms with Gasteiger partial charge in [-0.05, 0) is 59.5 Å². The van der Waals surface area contributed by atoms with Gasteiger partial charge in [0.05, 0.1) is 11.1 Å². The largest absolute Gasteiger partial charge is 0.351 e. The van der Waals surface area contributed by atoms with E-state index < -0.39 is 0 Å². The van der Waals surface area contributed by atoms with Crippen molar-refractivity contribution >= 4 is 17.5 Å². The fourth-order valence-corrected chi connectivity index (χ4v) is 3.98. The lowest BCUT2D eigenvalue weighted by Crippen LogP contribution is -2.43. The molecular weight excluding hydrogens is 404 g/mol. The summed E-state index contributed by atoms with van der Waals surface area (Å²) in [6.07, 6.45) is 5.65. The van der Waals surface area contributed by atoms with Crippen molar-refractivity contribution in [3.05, 3.63) is 94.4 Å². The quantitative estimate of drug-likeness (QED) is 0.582. The third-order valence-electron chi connectivity index (χ3n) is 5.40. The molecule has 4 heteroatoms. The van der Waals surface area contributed by atoms with Crippen molar-refractivity contribution < 1.29 is 4.79 Å². The molecule has 2 aliphatic rings. The molecule has 0 radical (unpaired) electrons. The van der Waals surface area contributed by atoms with Gasteiger partial charge in [0.2, 0.25) is 5.91 Å². The molecule has 0 spiro atoms. The molecule has 160 valence electrons. The van der Waals surface area contributed by atoms with Crippen molar-refractivity contribution in [3.63, 3.8) is 0 Å². The Morgan fingerprint density at radius 3 is 2.52 bits per heavy atom. The molecule has 0 unspecified atom stereocenters. The van der Waals surface area contributed by atoms with Crippen LogP contribution in [0.3, 0.4) is 0 Å². The zero-order valence-electron chi connectivity index (χ0n) is 18.2. The normalized spacial score (nSPS) is 17.5. The number of benzene rings is 2. The molecule has 0 aromatic heterocycles. The Balaban J connectivity index is 0.00000132. The second-order valence-corrected chi connectivity index (χ2v) is 7.73. The Morgan fingerprint density at radius 1 is 1.10 bits per heavy atom. The summed E-state index contributed by atoms with van der Waals surface area (Å²) in [5.41, 5.74) is 10.2. The zero-order valence-corrected chi connectivity index (χ0v) is 19.0. The molecule has 3 nitrogen and oxygen atoms in total. The van der Waals surface area contributed by atoms with Crippen molar-refractivity contribution in [2.24, 2.45) is 0 Å². The number of amides is 1. The lowest BCUT2D eigenvalue weighted by Gasteiger charge is -2.24. The lowest BCUT2D eigenvalue weighted by molar-refractivity contribution is -0.125. The van der Waals surface area contributed by atoms with Gasteiger partial charge in [-0.3, -0.25) is 9.69 Å². The number of allylic oxidation sites excluding steroid dienone is 2. The van der Waals surface area contributed by atoms with E-state index in [0.29, 0.717) is 18.1 Å². The van der Waals surface area contributed by atoms with Crippen LogP contribution in [-0.2, 0) is 11.3 Å². The summed E-state index contributed by atoms with van der Waals surface area (Å²) < 4.78 is 0. The SMILES string of the molecule is CC.O=C(NCc1ccc(-c2ccccc2)cc1)[C@@H]1CCCN1CC1=CC=C=C=C1Cl. The Labute approximate surface area is 190 Å². The second-order valence-electron chi connectivity index (χ2n) is 7.35. The smallest absolute Gasteiger partial charge is 0.237 e. The fraction of sp³-hybridized carbons (Fsp3) is 0.296. The average molecular weight is 433 g/mol. The van der Waals surface area contributed by atoms with E-state index in [2.05, 4.69) is 58.1 Å². The number of hydrogen-bond acceptors (Lipinski definition) is 2. The van der Waals surface area contributed by atoms with Crippen LogP contribution < -0.4 is 5.32 Å². The second kappa shape index (κ2) is 11.6. The standard InChI is InChI=1S/C25H23ClN2O.C2H6/c26-23-10-5-4-9-22(23)18-28-16-6-11-24(28)25(29)27-17-19-12-14-21(15-13-19)20-7-2-1-3-8-20;1-2/h1-4,7-9,12-15,24H,6,11,16-18H2,(H,27,29);1-2H3/t24-;/m0./s1. The van der Waals surface area contributed by atoms with Gasteiger partial charge in [-0.2, -0.15) is 0 Å². The molecule has 2 aromatic carbocycles. The lowest BCUT2D eigenvalue weighted by atomic mass is 10.0. The molecule has 1 N–H and O–H groups in total. The summed E-state index contributed by atoms with van der Waals surface area (Å²) in [7, 11) is 0. The number of carbonyl (C=O) groups excluding carboxylic acids is 1. The third kappa shape index (κ3) is 6.10. The number of nitrogens with one attached hydrogen (secondary N) is 1. The van der Waals surface area contributed by atoms with Crippen molar-refractivity contribution in [1.82, 2.24) is 10.2 Å². The molecule has 4 rings (SSSR count). The van der Waals surface area contributed by atoms with Crippen molar-refractivity contribution in [1.29, 1.82) is 0 Å². The highest BCUT2D eigenvalue weighted by Gasteiger charge is 2.31. The number of nitrogens with zero attached hydrogens (tertiary/aromatic N) is 1. The summed E-state index contributed by atoms with van der Waals surface area (Å²) in [4.78, 5) is 15.0. The van der Waals surface area contributed by atoms with E-state index in [1.165, 1.54) is 11.1 Å². The molecule has 2 aromatic rings. The Kier molecular flexibility index (Phi) is 8.53. The predicted molar refractivity (Wildman–Crippen MR) is 129 cm³/mol. The number of hydrogen-bond donors (Lipinski definition) is 1. The van der Waals surface area contributed by atoms with Crippen molar-refractivity contribution in [3.8, 4) is 11.1 Å². The topological polar surface area (TPSA) is 32.3 Å². The van der Waals surface area contributed by atoms with Gasteiger partial charge >= 0.3 is 0 Å². The van der Waals surface area contributed by atoms with Gasteiger partial charge in [-0.25, -0.2) is 0 Å². The summed E-state index contributed by atoms with van der Waals surface area (Å²) in [5, 5.41) is 3.68. The van der Waals surface area contributed by atoms with E-state index in [0.717, 1.165) is 30.5 Å². The van der Waals surface area contributed by atoms with Crippen molar-refractivity contribution in [2.75, 3.05) is 13.1 Å². The van der Waals surface area contributed by atoms with Crippen LogP contribution in [0.1, 0.15) is 32.3 Å². The molecule has 1 atom stereocenters. The summed E-state index contributed by atoms with van der Waals surface area (Å²) >= 11 is 6.21. The molecule has 0 bridgehead atoms. The molecule has 31 heavy (non-hydrogen) atoms.